The third-order valence-corrected chi connectivity index (χ3v) is 7.25. The second-order valence-corrected chi connectivity index (χ2v) is 9.46. The van der Waals surface area contributed by atoms with E-state index in [9.17, 15) is 4.79 Å². The fourth-order valence-corrected chi connectivity index (χ4v) is 5.28. The molecule has 4 aromatic rings. The van der Waals surface area contributed by atoms with Gasteiger partial charge >= 0.3 is 0 Å². The summed E-state index contributed by atoms with van der Waals surface area (Å²) in [5.74, 6) is 0.0993. The Bertz CT molecular complexity index is 1290. The number of aryl methyl sites for hydroxylation is 1. The summed E-state index contributed by atoms with van der Waals surface area (Å²) in [7, 11) is 1.92. The fourth-order valence-electron chi connectivity index (χ4n) is 4.68. The standard InChI is InChI=1S/C27H30N4O2S/c1-29-24(19-22(28-29)26(32)11-7-13-30-14-16-33-17-15-30)25-18-21-23(10-6-12-27(21)34-2)31(25)20-8-4-3-5-9-20/h3-6,8-10,12,18-19H,7,11,13-17H2,1-2H3. The Hall–Kier alpha value is -2.87. The Labute approximate surface area is 204 Å². The van der Waals surface area contributed by atoms with Crippen LogP contribution in [-0.2, 0) is 11.8 Å². The van der Waals surface area contributed by atoms with Crippen LogP contribution in [0.1, 0.15) is 23.3 Å². The summed E-state index contributed by atoms with van der Waals surface area (Å²) >= 11 is 1.74. The molecule has 7 heteroatoms. The maximum atomic E-state index is 13.0. The van der Waals surface area contributed by atoms with E-state index in [-0.39, 0.29) is 5.78 Å². The summed E-state index contributed by atoms with van der Waals surface area (Å²) in [5.41, 5.74) is 4.74. The van der Waals surface area contributed by atoms with Crippen LogP contribution in [-0.4, -0.2) is 64.1 Å². The molecule has 5 rings (SSSR count). The highest BCUT2D eigenvalue weighted by Crippen LogP contribution is 2.36. The molecule has 1 aliphatic heterocycles. The smallest absolute Gasteiger partial charge is 0.183 e. The number of carbonyl (C=O) groups excluding carboxylic acids is 1. The SMILES string of the molecule is CSc1cccc2c1cc(-c1cc(C(=O)CCCN3CCOCC3)nn1C)n2-c1ccccc1. The molecular formula is C27H30N4O2S. The van der Waals surface area contributed by atoms with Crippen molar-refractivity contribution in [3.05, 3.63) is 66.4 Å². The van der Waals surface area contributed by atoms with Crippen molar-refractivity contribution in [1.82, 2.24) is 19.2 Å². The average Bonchev–Trinajstić information content (AvgIpc) is 3.45. The van der Waals surface area contributed by atoms with Crippen LogP contribution >= 0.6 is 11.8 Å². The van der Waals surface area contributed by atoms with Gasteiger partial charge in [-0.05, 0) is 55.6 Å². The van der Waals surface area contributed by atoms with Gasteiger partial charge in [0, 0.05) is 42.5 Å². The number of hydrogen-bond acceptors (Lipinski definition) is 5. The third-order valence-electron chi connectivity index (χ3n) is 6.45. The van der Waals surface area contributed by atoms with E-state index in [0.29, 0.717) is 12.1 Å². The number of morpholine rings is 1. The number of carbonyl (C=O) groups is 1. The van der Waals surface area contributed by atoms with E-state index in [1.807, 2.05) is 23.9 Å². The van der Waals surface area contributed by atoms with Gasteiger partial charge in [-0.3, -0.25) is 14.4 Å². The first kappa shape index (κ1) is 22.9. The van der Waals surface area contributed by atoms with Gasteiger partial charge in [0.05, 0.1) is 30.1 Å². The highest BCUT2D eigenvalue weighted by atomic mass is 32.2. The van der Waals surface area contributed by atoms with Crippen LogP contribution < -0.4 is 0 Å². The molecule has 34 heavy (non-hydrogen) atoms. The van der Waals surface area contributed by atoms with E-state index in [0.717, 1.165) is 61.9 Å². The fraction of sp³-hybridized carbons (Fsp3) is 0.333. The number of ether oxygens (including phenoxy) is 1. The summed E-state index contributed by atoms with van der Waals surface area (Å²) in [4.78, 5) is 16.6. The Morgan fingerprint density at radius 1 is 1.03 bits per heavy atom. The molecule has 176 valence electrons. The first-order chi connectivity index (χ1) is 16.7. The first-order valence-corrected chi connectivity index (χ1v) is 13.0. The Kier molecular flexibility index (Phi) is 6.85. The average molecular weight is 475 g/mol. The molecule has 0 N–H and O–H groups in total. The lowest BCUT2D eigenvalue weighted by molar-refractivity contribution is 0.0371. The topological polar surface area (TPSA) is 52.3 Å². The highest BCUT2D eigenvalue weighted by Gasteiger charge is 2.20. The summed E-state index contributed by atoms with van der Waals surface area (Å²) in [5, 5.41) is 5.82. The predicted molar refractivity (Wildman–Crippen MR) is 138 cm³/mol. The number of hydrogen-bond donors (Lipinski definition) is 0. The lowest BCUT2D eigenvalue weighted by atomic mass is 10.1. The van der Waals surface area contributed by atoms with E-state index in [1.165, 1.54) is 10.3 Å². The number of Topliss-reactive ketones (excluding diaryl/α,β-unsaturated/α-hetero) is 1. The number of para-hydroxylation sites is 1. The highest BCUT2D eigenvalue weighted by molar-refractivity contribution is 7.98. The molecule has 0 unspecified atom stereocenters. The minimum Gasteiger partial charge on any atom is -0.379 e. The van der Waals surface area contributed by atoms with Crippen molar-refractivity contribution in [3.63, 3.8) is 0 Å². The number of aromatic nitrogens is 3. The Balaban J connectivity index is 1.46. The van der Waals surface area contributed by atoms with Crippen LogP contribution in [0.5, 0.6) is 0 Å². The number of rotatable bonds is 8. The van der Waals surface area contributed by atoms with Crippen LogP contribution in [0.15, 0.2) is 65.6 Å². The lowest BCUT2D eigenvalue weighted by Crippen LogP contribution is -2.36. The maximum Gasteiger partial charge on any atom is 0.183 e. The van der Waals surface area contributed by atoms with Gasteiger partial charge in [0.1, 0.15) is 5.69 Å². The Morgan fingerprint density at radius 3 is 2.59 bits per heavy atom. The number of benzene rings is 2. The zero-order chi connectivity index (χ0) is 23.5. The predicted octanol–water partition coefficient (Wildman–Crippen LogP) is 5.05. The molecule has 0 saturated carbocycles. The van der Waals surface area contributed by atoms with E-state index >= 15 is 0 Å². The molecule has 0 amide bonds. The number of thioether (sulfide) groups is 1. The molecule has 0 bridgehead atoms. The molecule has 1 fully saturated rings. The Morgan fingerprint density at radius 2 is 1.82 bits per heavy atom. The van der Waals surface area contributed by atoms with Gasteiger partial charge in [0.25, 0.3) is 0 Å². The van der Waals surface area contributed by atoms with Crippen molar-refractivity contribution in [2.45, 2.75) is 17.7 Å². The second kappa shape index (κ2) is 10.2. The van der Waals surface area contributed by atoms with Crippen LogP contribution in [0, 0.1) is 0 Å². The molecule has 3 heterocycles. The second-order valence-electron chi connectivity index (χ2n) is 8.61. The molecule has 0 atom stereocenters. The van der Waals surface area contributed by atoms with Crippen LogP contribution in [0.3, 0.4) is 0 Å². The van der Waals surface area contributed by atoms with Crippen molar-refractivity contribution >= 4 is 28.4 Å². The molecular weight excluding hydrogens is 444 g/mol. The molecule has 0 spiro atoms. The van der Waals surface area contributed by atoms with Crippen molar-refractivity contribution in [1.29, 1.82) is 0 Å². The summed E-state index contributed by atoms with van der Waals surface area (Å²) in [6, 6.07) is 20.9. The van der Waals surface area contributed by atoms with Gasteiger partial charge in [-0.25, -0.2) is 0 Å². The van der Waals surface area contributed by atoms with Crippen molar-refractivity contribution in [2.24, 2.45) is 7.05 Å². The van der Waals surface area contributed by atoms with Gasteiger partial charge in [0.2, 0.25) is 0 Å². The first-order valence-electron chi connectivity index (χ1n) is 11.8. The molecule has 1 aliphatic rings. The van der Waals surface area contributed by atoms with E-state index in [2.05, 4.69) is 69.4 Å². The molecule has 6 nitrogen and oxygen atoms in total. The summed E-state index contributed by atoms with van der Waals surface area (Å²) in [6.45, 7) is 4.39. The van der Waals surface area contributed by atoms with E-state index in [4.69, 9.17) is 4.74 Å². The summed E-state index contributed by atoms with van der Waals surface area (Å²) < 4.78 is 9.51. The molecule has 2 aromatic carbocycles. The zero-order valence-corrected chi connectivity index (χ0v) is 20.6. The van der Waals surface area contributed by atoms with Gasteiger partial charge in [-0.1, -0.05) is 24.3 Å². The molecule has 0 radical (unpaired) electrons. The largest absolute Gasteiger partial charge is 0.379 e. The minimum atomic E-state index is 0.0993. The molecule has 1 saturated heterocycles. The van der Waals surface area contributed by atoms with Crippen LogP contribution in [0.2, 0.25) is 0 Å². The summed E-state index contributed by atoms with van der Waals surface area (Å²) in [6.07, 6.45) is 3.45. The maximum absolute atomic E-state index is 13.0. The quantitative estimate of drug-likeness (QED) is 0.264. The zero-order valence-electron chi connectivity index (χ0n) is 19.7. The van der Waals surface area contributed by atoms with Gasteiger partial charge in [-0.15, -0.1) is 11.8 Å². The van der Waals surface area contributed by atoms with Gasteiger partial charge < -0.3 is 9.30 Å². The molecule has 0 aliphatic carbocycles. The van der Waals surface area contributed by atoms with Gasteiger partial charge in [0.15, 0.2) is 5.78 Å². The van der Waals surface area contributed by atoms with Crippen molar-refractivity contribution in [2.75, 3.05) is 39.1 Å². The van der Waals surface area contributed by atoms with E-state index in [1.54, 1.807) is 11.8 Å². The number of nitrogens with zero attached hydrogens (tertiary/aromatic N) is 4. The van der Waals surface area contributed by atoms with Crippen LogP contribution in [0.4, 0.5) is 0 Å². The van der Waals surface area contributed by atoms with Crippen molar-refractivity contribution < 1.29 is 9.53 Å². The van der Waals surface area contributed by atoms with Gasteiger partial charge in [-0.2, -0.15) is 5.10 Å². The van der Waals surface area contributed by atoms with Crippen molar-refractivity contribution in [3.8, 4) is 17.1 Å². The third kappa shape index (κ3) is 4.56. The number of ketones is 1. The van der Waals surface area contributed by atoms with E-state index < -0.39 is 0 Å². The normalized spacial score (nSPS) is 14.6. The lowest BCUT2D eigenvalue weighted by Gasteiger charge is -2.26. The van der Waals surface area contributed by atoms with Crippen LogP contribution in [0.25, 0.3) is 28.0 Å². The minimum absolute atomic E-state index is 0.0993. The molecule has 2 aromatic heterocycles. The number of fused-ring (bicyclic) bond motifs is 1. The monoisotopic (exact) mass is 474 g/mol.